The highest BCUT2D eigenvalue weighted by Crippen LogP contribution is 2.15. The minimum absolute atomic E-state index is 0.304. The maximum absolute atomic E-state index is 12.0. The van der Waals surface area contributed by atoms with E-state index in [0.29, 0.717) is 19.6 Å². The number of amides is 1. The SMILES string of the molecule is CCN(Cc1ccccc1CN)C(=O)COCC(F)(F)F. The van der Waals surface area contributed by atoms with Crippen LogP contribution in [0.25, 0.3) is 0 Å². The van der Waals surface area contributed by atoms with Crippen molar-refractivity contribution in [3.63, 3.8) is 0 Å². The Kier molecular flexibility index (Phi) is 6.64. The van der Waals surface area contributed by atoms with Gasteiger partial charge in [0.2, 0.25) is 5.91 Å². The molecule has 0 saturated heterocycles. The molecule has 21 heavy (non-hydrogen) atoms. The number of rotatable bonds is 7. The molecule has 4 nitrogen and oxygen atoms in total. The van der Waals surface area contributed by atoms with Gasteiger partial charge in [0.15, 0.2) is 0 Å². The van der Waals surface area contributed by atoms with Gasteiger partial charge in [-0.1, -0.05) is 24.3 Å². The standard InChI is InChI=1S/C14H19F3N2O2/c1-2-19(13(20)9-21-10-14(15,16)17)8-12-6-4-3-5-11(12)7-18/h3-6H,2,7-10,18H2,1H3. The van der Waals surface area contributed by atoms with Gasteiger partial charge in [-0.2, -0.15) is 13.2 Å². The number of benzene rings is 1. The molecule has 7 heteroatoms. The highest BCUT2D eigenvalue weighted by atomic mass is 19.4. The third-order valence-corrected chi connectivity index (χ3v) is 2.93. The molecule has 0 radical (unpaired) electrons. The van der Waals surface area contributed by atoms with Gasteiger partial charge < -0.3 is 15.4 Å². The van der Waals surface area contributed by atoms with E-state index in [4.69, 9.17) is 5.73 Å². The zero-order chi connectivity index (χ0) is 15.9. The molecule has 1 amide bonds. The maximum atomic E-state index is 12.0. The predicted molar refractivity (Wildman–Crippen MR) is 72.3 cm³/mol. The van der Waals surface area contributed by atoms with Crippen molar-refractivity contribution in [2.45, 2.75) is 26.2 Å². The molecule has 0 aromatic heterocycles. The summed E-state index contributed by atoms with van der Waals surface area (Å²) < 4.78 is 40.3. The molecular formula is C14H19F3N2O2. The molecule has 1 aromatic carbocycles. The summed E-state index contributed by atoms with van der Waals surface area (Å²) in [6, 6.07) is 7.37. The summed E-state index contributed by atoms with van der Waals surface area (Å²) in [5.41, 5.74) is 7.40. The molecule has 2 N–H and O–H groups in total. The van der Waals surface area contributed by atoms with Crippen molar-refractivity contribution >= 4 is 5.91 Å². The van der Waals surface area contributed by atoms with Crippen LogP contribution in [0.3, 0.4) is 0 Å². The van der Waals surface area contributed by atoms with Crippen molar-refractivity contribution in [2.75, 3.05) is 19.8 Å². The van der Waals surface area contributed by atoms with Crippen LogP contribution in [0.2, 0.25) is 0 Å². The van der Waals surface area contributed by atoms with Crippen molar-refractivity contribution in [1.29, 1.82) is 0 Å². The molecule has 0 fully saturated rings. The lowest BCUT2D eigenvalue weighted by molar-refractivity contribution is -0.177. The summed E-state index contributed by atoms with van der Waals surface area (Å²) >= 11 is 0. The summed E-state index contributed by atoms with van der Waals surface area (Å²) in [5.74, 6) is -0.478. The summed E-state index contributed by atoms with van der Waals surface area (Å²) in [6.45, 7) is 0.776. The largest absolute Gasteiger partial charge is 0.411 e. The Balaban J connectivity index is 2.59. The highest BCUT2D eigenvalue weighted by molar-refractivity contribution is 5.77. The lowest BCUT2D eigenvalue weighted by Gasteiger charge is -2.22. The molecule has 0 spiro atoms. The smallest absolute Gasteiger partial charge is 0.362 e. The predicted octanol–water partition coefficient (Wildman–Crippen LogP) is 2.07. The molecule has 0 unspecified atom stereocenters. The monoisotopic (exact) mass is 304 g/mol. The number of hydrogen-bond donors (Lipinski definition) is 1. The van der Waals surface area contributed by atoms with E-state index in [9.17, 15) is 18.0 Å². The Hall–Kier alpha value is -1.60. The van der Waals surface area contributed by atoms with Crippen molar-refractivity contribution in [3.05, 3.63) is 35.4 Å². The van der Waals surface area contributed by atoms with Crippen LogP contribution in [0.15, 0.2) is 24.3 Å². The number of carbonyl (C=O) groups excluding carboxylic acids is 1. The molecule has 118 valence electrons. The van der Waals surface area contributed by atoms with E-state index in [0.717, 1.165) is 11.1 Å². The number of halogens is 3. The molecule has 0 saturated carbocycles. The Labute approximate surface area is 121 Å². The number of carbonyl (C=O) groups is 1. The zero-order valence-corrected chi connectivity index (χ0v) is 11.8. The number of ether oxygens (including phenoxy) is 1. The van der Waals surface area contributed by atoms with Crippen LogP contribution in [0.5, 0.6) is 0 Å². The van der Waals surface area contributed by atoms with Crippen molar-refractivity contribution < 1.29 is 22.7 Å². The van der Waals surface area contributed by atoms with Crippen LogP contribution < -0.4 is 5.73 Å². The fourth-order valence-corrected chi connectivity index (χ4v) is 1.84. The number of nitrogens with two attached hydrogens (primary N) is 1. The Morgan fingerprint density at radius 2 is 1.90 bits per heavy atom. The molecule has 0 aliphatic carbocycles. The number of likely N-dealkylation sites (N-methyl/N-ethyl adjacent to an activating group) is 1. The Bertz CT molecular complexity index is 464. The second-order valence-corrected chi connectivity index (χ2v) is 4.49. The van der Waals surface area contributed by atoms with Gasteiger partial charge in [0.25, 0.3) is 0 Å². The van der Waals surface area contributed by atoms with Gasteiger partial charge in [0.05, 0.1) is 0 Å². The summed E-state index contributed by atoms with van der Waals surface area (Å²) in [7, 11) is 0. The van der Waals surface area contributed by atoms with Crippen LogP contribution in [0.4, 0.5) is 13.2 Å². The quantitative estimate of drug-likeness (QED) is 0.839. The lowest BCUT2D eigenvalue weighted by Crippen LogP contribution is -2.34. The van der Waals surface area contributed by atoms with E-state index in [-0.39, 0.29) is 0 Å². The number of hydrogen-bond acceptors (Lipinski definition) is 3. The van der Waals surface area contributed by atoms with Crippen molar-refractivity contribution in [3.8, 4) is 0 Å². The van der Waals surface area contributed by atoms with Crippen molar-refractivity contribution in [2.24, 2.45) is 5.73 Å². The van der Waals surface area contributed by atoms with Gasteiger partial charge in [-0.3, -0.25) is 4.79 Å². The van der Waals surface area contributed by atoms with E-state index in [1.54, 1.807) is 6.92 Å². The zero-order valence-electron chi connectivity index (χ0n) is 11.8. The highest BCUT2D eigenvalue weighted by Gasteiger charge is 2.28. The van der Waals surface area contributed by atoms with E-state index in [1.165, 1.54) is 4.90 Å². The van der Waals surface area contributed by atoms with Gasteiger partial charge >= 0.3 is 6.18 Å². The topological polar surface area (TPSA) is 55.6 Å². The molecular weight excluding hydrogens is 285 g/mol. The van der Waals surface area contributed by atoms with Gasteiger partial charge in [-0.25, -0.2) is 0 Å². The van der Waals surface area contributed by atoms with Crippen LogP contribution >= 0.6 is 0 Å². The van der Waals surface area contributed by atoms with E-state index < -0.39 is 25.3 Å². The molecule has 0 atom stereocenters. The summed E-state index contributed by atoms with van der Waals surface area (Å²) in [4.78, 5) is 13.3. The fourth-order valence-electron chi connectivity index (χ4n) is 1.84. The minimum atomic E-state index is -4.43. The first-order valence-corrected chi connectivity index (χ1v) is 6.56. The molecule has 0 aliphatic heterocycles. The lowest BCUT2D eigenvalue weighted by atomic mass is 10.1. The van der Waals surface area contributed by atoms with E-state index in [2.05, 4.69) is 4.74 Å². The first-order chi connectivity index (χ1) is 9.87. The van der Waals surface area contributed by atoms with E-state index >= 15 is 0 Å². The number of nitrogens with zero attached hydrogens (tertiary/aromatic N) is 1. The van der Waals surface area contributed by atoms with Crippen LogP contribution in [-0.2, 0) is 22.6 Å². The van der Waals surface area contributed by atoms with Crippen molar-refractivity contribution in [1.82, 2.24) is 4.90 Å². The van der Waals surface area contributed by atoms with Crippen LogP contribution in [0, 0.1) is 0 Å². The maximum Gasteiger partial charge on any atom is 0.411 e. The third kappa shape index (κ3) is 6.14. The fraction of sp³-hybridized carbons (Fsp3) is 0.500. The molecule has 0 heterocycles. The first kappa shape index (κ1) is 17.5. The van der Waals surface area contributed by atoms with Crippen LogP contribution in [-0.4, -0.2) is 36.7 Å². The van der Waals surface area contributed by atoms with Gasteiger partial charge in [0.1, 0.15) is 13.2 Å². The first-order valence-electron chi connectivity index (χ1n) is 6.56. The second kappa shape index (κ2) is 7.99. The third-order valence-electron chi connectivity index (χ3n) is 2.93. The molecule has 0 bridgehead atoms. The van der Waals surface area contributed by atoms with Crippen LogP contribution in [0.1, 0.15) is 18.1 Å². The molecule has 1 rings (SSSR count). The average molecular weight is 304 g/mol. The normalized spacial score (nSPS) is 11.5. The number of alkyl halides is 3. The molecule has 1 aromatic rings. The second-order valence-electron chi connectivity index (χ2n) is 4.49. The van der Waals surface area contributed by atoms with Gasteiger partial charge in [0, 0.05) is 19.6 Å². The minimum Gasteiger partial charge on any atom is -0.362 e. The Morgan fingerprint density at radius 3 is 2.43 bits per heavy atom. The van der Waals surface area contributed by atoms with Gasteiger partial charge in [-0.15, -0.1) is 0 Å². The molecule has 0 aliphatic rings. The van der Waals surface area contributed by atoms with E-state index in [1.807, 2.05) is 24.3 Å². The van der Waals surface area contributed by atoms with Gasteiger partial charge in [-0.05, 0) is 18.1 Å². The average Bonchev–Trinajstić information content (AvgIpc) is 2.43. The Morgan fingerprint density at radius 1 is 1.29 bits per heavy atom. The summed E-state index contributed by atoms with van der Waals surface area (Å²) in [5, 5.41) is 0. The summed E-state index contributed by atoms with van der Waals surface area (Å²) in [6.07, 6.45) is -4.43.